The predicted octanol–water partition coefficient (Wildman–Crippen LogP) is 4.21. The van der Waals surface area contributed by atoms with Gasteiger partial charge >= 0.3 is 0 Å². The summed E-state index contributed by atoms with van der Waals surface area (Å²) in [5.74, 6) is 1.84. The van der Waals surface area contributed by atoms with Crippen molar-refractivity contribution in [2.75, 3.05) is 27.2 Å². The molecule has 2 aliphatic rings. The zero-order chi connectivity index (χ0) is 19.3. The molecule has 0 bridgehead atoms. The highest BCUT2D eigenvalue weighted by Gasteiger charge is 2.17. The Morgan fingerprint density at radius 2 is 2.03 bits per heavy atom. The molecule has 0 spiro atoms. The fourth-order valence-corrected chi connectivity index (χ4v) is 3.80. The number of nitrogens with zero attached hydrogens (tertiary/aromatic N) is 2. The van der Waals surface area contributed by atoms with Crippen molar-refractivity contribution < 1.29 is 9.47 Å². The normalized spacial score (nSPS) is 16.0. The number of fused-ring (bicyclic) bond motifs is 1. The molecule has 2 aromatic rings. The van der Waals surface area contributed by atoms with E-state index < -0.39 is 0 Å². The molecule has 0 atom stereocenters. The molecule has 0 unspecified atom stereocenters. The van der Waals surface area contributed by atoms with E-state index in [1.807, 2.05) is 19.2 Å². The number of hydrogen-bond donors (Lipinski definition) is 1. The van der Waals surface area contributed by atoms with Gasteiger partial charge in [0.1, 0.15) is 5.75 Å². The Balaban J connectivity index is 0.00000240. The Morgan fingerprint density at radius 1 is 1.17 bits per heavy atom. The van der Waals surface area contributed by atoms with E-state index in [-0.39, 0.29) is 24.0 Å². The summed E-state index contributed by atoms with van der Waals surface area (Å²) in [6.45, 7) is 4.02. The molecule has 6 heteroatoms. The Bertz CT molecular complexity index is 911. The largest absolute Gasteiger partial charge is 0.497 e. The molecule has 0 aliphatic carbocycles. The summed E-state index contributed by atoms with van der Waals surface area (Å²) < 4.78 is 10.9. The van der Waals surface area contributed by atoms with Gasteiger partial charge in [-0.05, 0) is 46.4 Å². The van der Waals surface area contributed by atoms with Crippen LogP contribution >= 0.6 is 24.0 Å². The van der Waals surface area contributed by atoms with Gasteiger partial charge in [0.25, 0.3) is 0 Å². The molecule has 2 heterocycles. The minimum absolute atomic E-state index is 0. The number of guanidine groups is 1. The summed E-state index contributed by atoms with van der Waals surface area (Å²) >= 11 is 0. The van der Waals surface area contributed by atoms with Gasteiger partial charge in [-0.15, -0.1) is 24.0 Å². The van der Waals surface area contributed by atoms with Gasteiger partial charge in [0.05, 0.1) is 20.3 Å². The fourth-order valence-electron chi connectivity index (χ4n) is 3.80. The number of benzene rings is 2. The van der Waals surface area contributed by atoms with Crippen LogP contribution in [-0.2, 0) is 24.5 Å². The molecular formula is C23H28IN3O2. The molecule has 29 heavy (non-hydrogen) atoms. The smallest absolute Gasteiger partial charge is 0.194 e. The average Bonchev–Trinajstić information content (AvgIpc) is 3.22. The van der Waals surface area contributed by atoms with Crippen LogP contribution in [-0.4, -0.2) is 38.1 Å². The van der Waals surface area contributed by atoms with E-state index in [2.05, 4.69) is 51.6 Å². The van der Waals surface area contributed by atoms with E-state index in [0.29, 0.717) is 0 Å². The van der Waals surface area contributed by atoms with Crippen molar-refractivity contribution in [2.24, 2.45) is 4.99 Å². The maximum Gasteiger partial charge on any atom is 0.194 e. The molecule has 4 rings (SSSR count). The number of aliphatic imine (C=N–C) groups is 1. The lowest BCUT2D eigenvalue weighted by Crippen LogP contribution is -2.43. The first-order valence-electron chi connectivity index (χ1n) is 9.74. The van der Waals surface area contributed by atoms with Gasteiger partial charge in [-0.3, -0.25) is 4.99 Å². The number of methoxy groups -OCH3 is 1. The highest BCUT2D eigenvalue weighted by Crippen LogP contribution is 2.25. The second-order valence-electron chi connectivity index (χ2n) is 7.15. The van der Waals surface area contributed by atoms with Crippen LogP contribution in [0.25, 0.3) is 5.57 Å². The van der Waals surface area contributed by atoms with E-state index in [1.54, 1.807) is 7.11 Å². The van der Waals surface area contributed by atoms with Crippen LogP contribution in [0.5, 0.6) is 5.75 Å². The van der Waals surface area contributed by atoms with Crippen molar-refractivity contribution in [1.29, 1.82) is 0 Å². The topological polar surface area (TPSA) is 46.1 Å². The summed E-state index contributed by atoms with van der Waals surface area (Å²) in [4.78, 5) is 6.77. The monoisotopic (exact) mass is 505 g/mol. The molecular weight excluding hydrogens is 477 g/mol. The molecule has 2 aliphatic heterocycles. The SMILES string of the molecule is CN=C(NCc1ccc2c(c1)COC2)N1CC=C(c2cccc(OC)c2)CC1.I. The van der Waals surface area contributed by atoms with Crippen molar-refractivity contribution in [2.45, 2.75) is 26.2 Å². The molecule has 0 saturated heterocycles. The van der Waals surface area contributed by atoms with Crippen molar-refractivity contribution >= 4 is 35.5 Å². The van der Waals surface area contributed by atoms with E-state index in [9.17, 15) is 0 Å². The quantitative estimate of drug-likeness (QED) is 0.385. The minimum Gasteiger partial charge on any atom is -0.497 e. The predicted molar refractivity (Wildman–Crippen MR) is 128 cm³/mol. The maximum atomic E-state index is 5.51. The number of ether oxygens (including phenoxy) is 2. The maximum absolute atomic E-state index is 5.51. The van der Waals surface area contributed by atoms with Crippen LogP contribution in [0.1, 0.15) is 28.7 Å². The van der Waals surface area contributed by atoms with Crippen molar-refractivity contribution in [3.8, 4) is 5.75 Å². The molecule has 0 aromatic heterocycles. The highest BCUT2D eigenvalue weighted by atomic mass is 127. The first-order chi connectivity index (χ1) is 13.8. The number of nitrogens with one attached hydrogen (secondary N) is 1. The zero-order valence-corrected chi connectivity index (χ0v) is 19.3. The summed E-state index contributed by atoms with van der Waals surface area (Å²) in [6.07, 6.45) is 3.28. The van der Waals surface area contributed by atoms with Gasteiger partial charge in [-0.1, -0.05) is 36.4 Å². The Hall–Kier alpha value is -2.06. The van der Waals surface area contributed by atoms with Crippen molar-refractivity contribution in [3.63, 3.8) is 0 Å². The standard InChI is InChI=1S/C23H27N3O2.HI/c1-24-23(25-14-17-6-7-20-15-28-16-21(20)12-17)26-10-8-18(9-11-26)19-4-3-5-22(13-19)27-2;/h3-8,12-13H,9-11,14-16H2,1-2H3,(H,24,25);1H. The summed E-state index contributed by atoms with van der Waals surface area (Å²) in [7, 11) is 3.56. The first kappa shape index (κ1) is 21.6. The average molecular weight is 505 g/mol. The third-order valence-corrected chi connectivity index (χ3v) is 5.40. The summed E-state index contributed by atoms with van der Waals surface area (Å²) in [5, 5.41) is 3.51. The van der Waals surface area contributed by atoms with E-state index in [4.69, 9.17) is 9.47 Å². The number of halogens is 1. The molecule has 5 nitrogen and oxygen atoms in total. The van der Waals surface area contributed by atoms with E-state index in [0.717, 1.165) is 51.0 Å². The van der Waals surface area contributed by atoms with Gasteiger partial charge in [0.15, 0.2) is 5.96 Å². The zero-order valence-electron chi connectivity index (χ0n) is 17.0. The highest BCUT2D eigenvalue weighted by molar-refractivity contribution is 14.0. The summed E-state index contributed by atoms with van der Waals surface area (Å²) in [5.41, 5.74) is 6.47. The van der Waals surface area contributed by atoms with Gasteiger partial charge in [0.2, 0.25) is 0 Å². The summed E-state index contributed by atoms with van der Waals surface area (Å²) in [6, 6.07) is 14.9. The molecule has 154 valence electrons. The van der Waals surface area contributed by atoms with Crippen LogP contribution in [0.15, 0.2) is 53.5 Å². The molecule has 0 amide bonds. The van der Waals surface area contributed by atoms with Gasteiger partial charge in [0, 0.05) is 26.7 Å². The van der Waals surface area contributed by atoms with Crippen LogP contribution in [0.2, 0.25) is 0 Å². The first-order valence-corrected chi connectivity index (χ1v) is 9.74. The van der Waals surface area contributed by atoms with Crippen LogP contribution < -0.4 is 10.1 Å². The fraction of sp³-hybridized carbons (Fsp3) is 0.348. The van der Waals surface area contributed by atoms with E-state index in [1.165, 1.54) is 27.8 Å². The Kier molecular flexibility index (Phi) is 7.55. The van der Waals surface area contributed by atoms with Crippen molar-refractivity contribution in [1.82, 2.24) is 10.2 Å². The van der Waals surface area contributed by atoms with Crippen LogP contribution in [0.4, 0.5) is 0 Å². The van der Waals surface area contributed by atoms with Gasteiger partial charge in [-0.2, -0.15) is 0 Å². The molecule has 0 saturated carbocycles. The lowest BCUT2D eigenvalue weighted by Gasteiger charge is -2.30. The lowest BCUT2D eigenvalue weighted by molar-refractivity contribution is 0.134. The number of rotatable bonds is 4. The molecule has 1 N–H and O–H groups in total. The molecule has 0 radical (unpaired) electrons. The molecule has 0 fully saturated rings. The Morgan fingerprint density at radius 3 is 2.79 bits per heavy atom. The van der Waals surface area contributed by atoms with Gasteiger partial charge in [-0.25, -0.2) is 0 Å². The van der Waals surface area contributed by atoms with Crippen LogP contribution in [0.3, 0.4) is 0 Å². The Labute approximate surface area is 189 Å². The van der Waals surface area contributed by atoms with E-state index >= 15 is 0 Å². The third kappa shape index (κ3) is 5.11. The molecule has 2 aromatic carbocycles. The third-order valence-electron chi connectivity index (χ3n) is 5.40. The van der Waals surface area contributed by atoms with Crippen molar-refractivity contribution in [3.05, 3.63) is 70.8 Å². The second-order valence-corrected chi connectivity index (χ2v) is 7.15. The lowest BCUT2D eigenvalue weighted by atomic mass is 9.99. The minimum atomic E-state index is 0. The van der Waals surface area contributed by atoms with Gasteiger partial charge < -0.3 is 19.7 Å². The second kappa shape index (κ2) is 10.1. The van der Waals surface area contributed by atoms with Crippen LogP contribution in [0, 0.1) is 0 Å². The number of hydrogen-bond acceptors (Lipinski definition) is 3.